The van der Waals surface area contributed by atoms with Crippen LogP contribution in [0, 0.1) is 0 Å². The van der Waals surface area contributed by atoms with Gasteiger partial charge in [0.15, 0.2) is 17.3 Å². The minimum absolute atomic E-state index is 0.125. The van der Waals surface area contributed by atoms with E-state index in [2.05, 4.69) is 13.2 Å². The number of aliphatic hydroxyl groups excluding tert-OH is 1. The fourth-order valence-electron chi connectivity index (χ4n) is 4.35. The molecule has 0 aliphatic carbocycles. The summed E-state index contributed by atoms with van der Waals surface area (Å²) in [5, 5.41) is 9.59. The average Bonchev–Trinajstić information content (AvgIpc) is 3.00. The molecule has 2 aromatic carbocycles. The molecule has 2 aromatic rings. The van der Waals surface area contributed by atoms with Gasteiger partial charge in [-0.15, -0.1) is 0 Å². The fraction of sp³-hybridized carbons (Fsp3) is 0.438. The molecule has 0 bridgehead atoms. The molecule has 0 aromatic heterocycles. The van der Waals surface area contributed by atoms with Crippen molar-refractivity contribution in [1.29, 1.82) is 0 Å². The molecule has 230 valence electrons. The Kier molecular flexibility index (Phi) is 15.2. The molecule has 0 saturated carbocycles. The normalized spacial score (nSPS) is 10.6. The maximum Gasteiger partial charge on any atom is 0.227 e. The molecular weight excluding hydrogens is 542 g/mol. The molecule has 10 heteroatoms. The van der Waals surface area contributed by atoms with Crippen molar-refractivity contribution in [3.05, 3.63) is 71.8 Å². The molecule has 0 spiro atoms. The smallest absolute Gasteiger partial charge is 0.227 e. The minimum atomic E-state index is -0.367. The van der Waals surface area contributed by atoms with Crippen LogP contribution >= 0.6 is 0 Å². The Bertz CT molecular complexity index is 1190. The third-order valence-corrected chi connectivity index (χ3v) is 6.35. The largest absolute Gasteiger partial charge is 0.493 e. The van der Waals surface area contributed by atoms with E-state index in [9.17, 15) is 14.7 Å². The number of amides is 1. The summed E-state index contributed by atoms with van der Waals surface area (Å²) in [6.07, 6.45) is 3.54. The molecule has 0 radical (unpaired) electrons. The first-order valence-electron chi connectivity index (χ1n) is 13.8. The summed E-state index contributed by atoms with van der Waals surface area (Å²) in [7, 11) is 4.61. The predicted molar refractivity (Wildman–Crippen MR) is 160 cm³/mol. The zero-order valence-corrected chi connectivity index (χ0v) is 25.1. The van der Waals surface area contributed by atoms with E-state index in [-0.39, 0.29) is 62.3 Å². The lowest BCUT2D eigenvalue weighted by molar-refractivity contribution is -0.131. The lowest BCUT2D eigenvalue weighted by atomic mass is 9.89. The van der Waals surface area contributed by atoms with Gasteiger partial charge in [0.05, 0.1) is 38.9 Å². The standard InChI is InChI=1S/C32H43NO9/c1-7-15-40-27-22-29(41-16-8-2)31(25(24(27)9-3)21-30(35)33(12-14-34)13-17-37-4)32(36)23-10-11-26(28(20-23)39-6)42-19-18-38-5/h7-8,10-11,20,22,34H,1-2,9,12-19,21H2,3-6H3. The second kappa shape index (κ2) is 18.5. The second-order valence-corrected chi connectivity index (χ2v) is 9.07. The van der Waals surface area contributed by atoms with E-state index in [1.54, 1.807) is 50.6 Å². The van der Waals surface area contributed by atoms with Crippen LogP contribution in [-0.4, -0.2) is 95.8 Å². The number of carbonyl (C=O) groups excluding carboxylic acids is 2. The van der Waals surface area contributed by atoms with Gasteiger partial charge in [0, 0.05) is 38.9 Å². The first-order valence-corrected chi connectivity index (χ1v) is 13.8. The van der Waals surface area contributed by atoms with E-state index < -0.39 is 0 Å². The van der Waals surface area contributed by atoms with E-state index >= 15 is 0 Å². The van der Waals surface area contributed by atoms with Gasteiger partial charge in [0.2, 0.25) is 5.91 Å². The van der Waals surface area contributed by atoms with Gasteiger partial charge in [-0.05, 0) is 35.7 Å². The van der Waals surface area contributed by atoms with Crippen molar-refractivity contribution < 1.29 is 43.1 Å². The van der Waals surface area contributed by atoms with Gasteiger partial charge in [0.25, 0.3) is 0 Å². The number of rotatable bonds is 21. The van der Waals surface area contributed by atoms with Crippen LogP contribution in [0.3, 0.4) is 0 Å². The number of aliphatic hydroxyl groups is 1. The number of ketones is 1. The average molecular weight is 586 g/mol. The molecule has 1 N–H and O–H groups in total. The van der Waals surface area contributed by atoms with Crippen LogP contribution in [0.1, 0.15) is 34.0 Å². The molecule has 1 amide bonds. The lowest BCUT2D eigenvalue weighted by Crippen LogP contribution is -2.37. The van der Waals surface area contributed by atoms with Crippen LogP contribution in [-0.2, 0) is 27.1 Å². The molecular formula is C32H43NO9. The second-order valence-electron chi connectivity index (χ2n) is 9.07. The Morgan fingerprint density at radius 1 is 0.833 bits per heavy atom. The summed E-state index contributed by atoms with van der Waals surface area (Å²) < 4.78 is 33.4. The molecule has 0 atom stereocenters. The predicted octanol–water partition coefficient (Wildman–Crippen LogP) is 3.65. The van der Waals surface area contributed by atoms with Gasteiger partial charge in [-0.1, -0.05) is 32.2 Å². The van der Waals surface area contributed by atoms with Crippen LogP contribution in [0.5, 0.6) is 23.0 Å². The van der Waals surface area contributed by atoms with E-state index in [4.69, 9.17) is 28.4 Å². The highest BCUT2D eigenvalue weighted by molar-refractivity contribution is 6.13. The van der Waals surface area contributed by atoms with Crippen molar-refractivity contribution >= 4 is 11.7 Å². The van der Waals surface area contributed by atoms with E-state index in [1.807, 2.05) is 6.92 Å². The fourth-order valence-corrected chi connectivity index (χ4v) is 4.35. The summed E-state index contributed by atoms with van der Waals surface area (Å²) in [4.78, 5) is 29.4. The van der Waals surface area contributed by atoms with Gasteiger partial charge in [-0.2, -0.15) is 0 Å². The monoisotopic (exact) mass is 585 g/mol. The number of methoxy groups -OCH3 is 3. The zero-order chi connectivity index (χ0) is 30.9. The number of benzene rings is 2. The Morgan fingerprint density at radius 2 is 1.52 bits per heavy atom. The number of carbonyl (C=O) groups is 2. The van der Waals surface area contributed by atoms with Crippen LogP contribution in [0.15, 0.2) is 49.6 Å². The summed E-state index contributed by atoms with van der Waals surface area (Å²) in [5.41, 5.74) is 1.73. The molecule has 10 nitrogen and oxygen atoms in total. The third kappa shape index (κ3) is 9.34. The molecule has 0 unspecified atom stereocenters. The summed E-state index contributed by atoms with van der Waals surface area (Å²) >= 11 is 0. The zero-order valence-electron chi connectivity index (χ0n) is 25.1. The van der Waals surface area contributed by atoms with Crippen molar-refractivity contribution in [1.82, 2.24) is 4.90 Å². The topological polar surface area (TPSA) is 113 Å². The molecule has 0 aliphatic rings. The highest BCUT2D eigenvalue weighted by Gasteiger charge is 2.28. The van der Waals surface area contributed by atoms with Gasteiger partial charge in [0.1, 0.15) is 31.3 Å². The number of nitrogens with zero attached hydrogens (tertiary/aromatic N) is 1. The highest BCUT2D eigenvalue weighted by Crippen LogP contribution is 2.38. The number of hydrogen-bond donors (Lipinski definition) is 1. The Morgan fingerprint density at radius 3 is 2.12 bits per heavy atom. The van der Waals surface area contributed by atoms with Crippen molar-refractivity contribution in [3.8, 4) is 23.0 Å². The van der Waals surface area contributed by atoms with Gasteiger partial charge >= 0.3 is 0 Å². The molecule has 2 rings (SSSR count). The van der Waals surface area contributed by atoms with Crippen molar-refractivity contribution in [3.63, 3.8) is 0 Å². The first-order chi connectivity index (χ1) is 20.4. The van der Waals surface area contributed by atoms with Crippen molar-refractivity contribution in [2.45, 2.75) is 19.8 Å². The number of ether oxygens (including phenoxy) is 6. The van der Waals surface area contributed by atoms with E-state index in [1.165, 1.54) is 12.0 Å². The van der Waals surface area contributed by atoms with Crippen LogP contribution in [0.2, 0.25) is 0 Å². The first kappa shape index (κ1) is 34.3. The van der Waals surface area contributed by atoms with Crippen molar-refractivity contribution in [2.24, 2.45) is 0 Å². The van der Waals surface area contributed by atoms with Gasteiger partial charge in [-0.3, -0.25) is 9.59 Å². The minimum Gasteiger partial charge on any atom is -0.493 e. The highest BCUT2D eigenvalue weighted by atomic mass is 16.5. The molecule has 0 aliphatic heterocycles. The Balaban J connectivity index is 2.74. The number of hydrogen-bond acceptors (Lipinski definition) is 9. The quantitative estimate of drug-likeness (QED) is 0.133. The van der Waals surface area contributed by atoms with Crippen LogP contribution in [0.25, 0.3) is 0 Å². The molecule has 0 saturated heterocycles. The summed E-state index contributed by atoms with van der Waals surface area (Å²) in [6.45, 7) is 10.9. The van der Waals surface area contributed by atoms with Gasteiger partial charge < -0.3 is 38.4 Å². The van der Waals surface area contributed by atoms with Gasteiger partial charge in [-0.25, -0.2) is 0 Å². The lowest BCUT2D eigenvalue weighted by Gasteiger charge is -2.25. The summed E-state index contributed by atoms with van der Waals surface area (Å²) in [5.74, 6) is 0.933. The molecule has 42 heavy (non-hydrogen) atoms. The van der Waals surface area contributed by atoms with E-state index in [0.29, 0.717) is 60.2 Å². The van der Waals surface area contributed by atoms with Crippen LogP contribution < -0.4 is 18.9 Å². The summed E-state index contributed by atoms with van der Waals surface area (Å²) in [6, 6.07) is 6.56. The third-order valence-electron chi connectivity index (χ3n) is 6.35. The Hall–Kier alpha value is -3.86. The SMILES string of the molecule is C=CCOc1cc(OCC=C)c(C(=O)c2ccc(OCCOC)c(OC)c2)c(CC(=O)N(CCO)CCOC)c1CC. The Labute approximate surface area is 248 Å². The van der Waals surface area contributed by atoms with Crippen molar-refractivity contribution in [2.75, 3.05) is 74.1 Å². The van der Waals surface area contributed by atoms with Crippen LogP contribution in [0.4, 0.5) is 0 Å². The van der Waals surface area contributed by atoms with E-state index in [0.717, 1.165) is 0 Å². The molecule has 0 fully saturated rings. The molecule has 0 heterocycles. The maximum atomic E-state index is 14.3. The maximum absolute atomic E-state index is 14.3.